The van der Waals surface area contributed by atoms with E-state index in [0.717, 1.165) is 18.8 Å². The third-order valence-electron chi connectivity index (χ3n) is 4.75. The minimum absolute atomic E-state index is 0.0168. The molecule has 0 spiro atoms. The van der Waals surface area contributed by atoms with Crippen LogP contribution in [0.5, 0.6) is 0 Å². The van der Waals surface area contributed by atoms with Crippen molar-refractivity contribution >= 4 is 46.2 Å². The zero-order chi connectivity index (χ0) is 21.8. The summed E-state index contributed by atoms with van der Waals surface area (Å²) in [6.07, 6.45) is 0. The van der Waals surface area contributed by atoms with Crippen LogP contribution >= 0.6 is 23.8 Å². The number of hydrogen-bond donors (Lipinski definition) is 2. The van der Waals surface area contributed by atoms with Gasteiger partial charge in [-0.1, -0.05) is 23.7 Å². The summed E-state index contributed by atoms with van der Waals surface area (Å²) in [6, 6.07) is 14.6. The molecule has 1 amide bonds. The molecule has 1 aliphatic rings. The molecule has 2 N–H and O–H groups in total. The van der Waals surface area contributed by atoms with Gasteiger partial charge in [-0.15, -0.1) is 0 Å². The Morgan fingerprint density at radius 2 is 1.87 bits per heavy atom. The highest BCUT2D eigenvalue weighted by atomic mass is 35.5. The summed E-state index contributed by atoms with van der Waals surface area (Å²) in [6.45, 7) is 2.88. The van der Waals surface area contributed by atoms with E-state index in [2.05, 4.69) is 15.5 Å². The van der Waals surface area contributed by atoms with Crippen molar-refractivity contribution in [2.24, 2.45) is 0 Å². The molecular weight excluding hydrogens is 441 g/mol. The average molecular weight is 460 g/mol. The van der Waals surface area contributed by atoms with Gasteiger partial charge in [-0.05, 0) is 54.7 Å². The van der Waals surface area contributed by atoms with Crippen molar-refractivity contribution in [2.75, 3.05) is 36.5 Å². The molecule has 1 fully saturated rings. The monoisotopic (exact) mass is 459 g/mol. The average Bonchev–Trinajstić information content (AvgIpc) is 3.25. The van der Waals surface area contributed by atoms with E-state index in [1.807, 2.05) is 12.1 Å². The van der Waals surface area contributed by atoms with E-state index >= 15 is 0 Å². The number of morpholine rings is 1. The topological polar surface area (TPSA) is 66.7 Å². The Kier molecular flexibility index (Phi) is 6.50. The Bertz CT molecular complexity index is 1110. The first-order chi connectivity index (χ1) is 15.0. The largest absolute Gasteiger partial charge is 0.451 e. The number of anilines is 2. The van der Waals surface area contributed by atoms with E-state index in [1.165, 1.54) is 18.2 Å². The van der Waals surface area contributed by atoms with Crippen LogP contribution in [0.1, 0.15) is 10.6 Å². The van der Waals surface area contributed by atoms with Crippen molar-refractivity contribution < 1.29 is 18.3 Å². The Hall–Kier alpha value is -2.94. The molecule has 0 saturated carbocycles. The number of rotatable bonds is 4. The number of nitrogens with zero attached hydrogens (tertiary/aromatic N) is 1. The minimum Gasteiger partial charge on any atom is -0.451 e. The van der Waals surface area contributed by atoms with Crippen LogP contribution in [-0.4, -0.2) is 37.3 Å². The van der Waals surface area contributed by atoms with Crippen LogP contribution in [0.4, 0.5) is 15.8 Å². The number of carbonyl (C=O) groups excluding carboxylic acids is 1. The molecule has 6 nitrogen and oxygen atoms in total. The maximum atomic E-state index is 13.9. The summed E-state index contributed by atoms with van der Waals surface area (Å²) in [7, 11) is 0. The lowest BCUT2D eigenvalue weighted by Crippen LogP contribution is -2.36. The first-order valence-electron chi connectivity index (χ1n) is 9.60. The van der Waals surface area contributed by atoms with Crippen LogP contribution < -0.4 is 15.5 Å². The standard InChI is InChI=1S/C22H19ClFN3O3S/c23-16-13-14(5-6-18(16)27-9-11-29-12-10-27)25-22(31)26-21(28)20-8-7-19(30-20)15-3-1-2-4-17(15)24/h1-8,13H,9-12H2,(H2,25,26,28,31). The maximum absolute atomic E-state index is 13.9. The highest BCUT2D eigenvalue weighted by molar-refractivity contribution is 7.80. The minimum atomic E-state index is -0.545. The van der Waals surface area contributed by atoms with Gasteiger partial charge in [0.2, 0.25) is 0 Å². The molecule has 160 valence electrons. The predicted octanol–water partition coefficient (Wildman–Crippen LogP) is 4.70. The second kappa shape index (κ2) is 9.47. The van der Waals surface area contributed by atoms with Gasteiger partial charge in [0, 0.05) is 18.8 Å². The first kappa shape index (κ1) is 21.3. The smallest absolute Gasteiger partial charge is 0.293 e. The van der Waals surface area contributed by atoms with Gasteiger partial charge in [-0.25, -0.2) is 4.39 Å². The molecule has 1 aromatic heterocycles. The molecule has 1 saturated heterocycles. The number of carbonyl (C=O) groups is 1. The van der Waals surface area contributed by atoms with E-state index in [-0.39, 0.29) is 22.2 Å². The van der Waals surface area contributed by atoms with Crippen molar-refractivity contribution in [3.63, 3.8) is 0 Å². The fourth-order valence-corrected chi connectivity index (χ4v) is 3.75. The molecule has 2 aromatic carbocycles. The summed E-state index contributed by atoms with van der Waals surface area (Å²) in [4.78, 5) is 14.6. The molecule has 4 rings (SSSR count). The maximum Gasteiger partial charge on any atom is 0.293 e. The molecule has 2 heterocycles. The highest BCUT2D eigenvalue weighted by Crippen LogP contribution is 2.29. The Labute approximate surface area is 188 Å². The van der Waals surface area contributed by atoms with Gasteiger partial charge in [0.1, 0.15) is 11.6 Å². The molecule has 31 heavy (non-hydrogen) atoms. The summed E-state index contributed by atoms with van der Waals surface area (Å²) < 4.78 is 24.8. The van der Waals surface area contributed by atoms with Crippen molar-refractivity contribution in [2.45, 2.75) is 0 Å². The van der Waals surface area contributed by atoms with Crippen molar-refractivity contribution in [3.05, 3.63) is 71.2 Å². The number of thiocarbonyl (C=S) groups is 1. The van der Waals surface area contributed by atoms with Crippen LogP contribution in [-0.2, 0) is 4.74 Å². The van der Waals surface area contributed by atoms with Gasteiger partial charge in [0.05, 0.1) is 29.5 Å². The highest BCUT2D eigenvalue weighted by Gasteiger charge is 2.17. The van der Waals surface area contributed by atoms with Crippen LogP contribution in [0, 0.1) is 5.82 Å². The fourth-order valence-electron chi connectivity index (χ4n) is 3.24. The van der Waals surface area contributed by atoms with Crippen LogP contribution in [0.15, 0.2) is 59.0 Å². The molecule has 0 atom stereocenters. The lowest BCUT2D eigenvalue weighted by Gasteiger charge is -2.29. The summed E-state index contributed by atoms with van der Waals surface area (Å²) in [5.74, 6) is -0.703. The quantitative estimate of drug-likeness (QED) is 0.551. The van der Waals surface area contributed by atoms with Gasteiger partial charge in [0.15, 0.2) is 10.9 Å². The van der Waals surface area contributed by atoms with Crippen LogP contribution in [0.25, 0.3) is 11.3 Å². The van der Waals surface area contributed by atoms with E-state index < -0.39 is 11.7 Å². The number of furan rings is 1. The van der Waals surface area contributed by atoms with Crippen LogP contribution in [0.3, 0.4) is 0 Å². The summed E-state index contributed by atoms with van der Waals surface area (Å²) in [5, 5.41) is 6.13. The second-order valence-electron chi connectivity index (χ2n) is 6.82. The molecule has 0 unspecified atom stereocenters. The van der Waals surface area contributed by atoms with E-state index in [4.69, 9.17) is 33.0 Å². The lowest BCUT2D eigenvalue weighted by molar-refractivity contribution is 0.0951. The molecule has 9 heteroatoms. The Morgan fingerprint density at radius 3 is 2.61 bits per heavy atom. The molecular formula is C22H19ClFN3O3S. The van der Waals surface area contributed by atoms with Gasteiger partial charge in [0.25, 0.3) is 5.91 Å². The SMILES string of the molecule is O=C(NC(=S)Nc1ccc(N2CCOCC2)c(Cl)c1)c1ccc(-c2ccccc2F)o1. The fraction of sp³-hybridized carbons (Fsp3) is 0.182. The van der Waals surface area contributed by atoms with Crippen molar-refractivity contribution in [3.8, 4) is 11.3 Å². The number of halogens is 2. The van der Waals surface area contributed by atoms with Gasteiger partial charge in [-0.3, -0.25) is 10.1 Å². The number of nitrogens with one attached hydrogen (secondary N) is 2. The van der Waals surface area contributed by atoms with Crippen LogP contribution in [0.2, 0.25) is 5.02 Å². The molecule has 3 aromatic rings. The molecule has 0 aliphatic carbocycles. The lowest BCUT2D eigenvalue weighted by atomic mass is 10.1. The third-order valence-corrected chi connectivity index (χ3v) is 5.26. The van der Waals surface area contributed by atoms with E-state index in [0.29, 0.717) is 23.9 Å². The van der Waals surface area contributed by atoms with Gasteiger partial charge < -0.3 is 19.4 Å². The first-order valence-corrected chi connectivity index (χ1v) is 10.4. The normalized spacial score (nSPS) is 13.7. The number of ether oxygens (including phenoxy) is 1. The van der Waals surface area contributed by atoms with E-state index in [1.54, 1.807) is 24.3 Å². The van der Waals surface area contributed by atoms with E-state index in [9.17, 15) is 9.18 Å². The van der Waals surface area contributed by atoms with Gasteiger partial charge >= 0.3 is 0 Å². The number of hydrogen-bond acceptors (Lipinski definition) is 5. The Morgan fingerprint density at radius 1 is 1.10 bits per heavy atom. The molecule has 0 bridgehead atoms. The number of amides is 1. The third kappa shape index (κ3) is 5.04. The van der Waals surface area contributed by atoms with Gasteiger partial charge in [-0.2, -0.15) is 0 Å². The van der Waals surface area contributed by atoms with Crippen molar-refractivity contribution in [1.82, 2.24) is 5.32 Å². The molecule has 0 radical (unpaired) electrons. The number of benzene rings is 2. The molecule has 1 aliphatic heterocycles. The summed E-state index contributed by atoms with van der Waals surface area (Å²) >= 11 is 11.6. The van der Waals surface area contributed by atoms with Crippen molar-refractivity contribution in [1.29, 1.82) is 0 Å². The predicted molar refractivity (Wildman–Crippen MR) is 122 cm³/mol. The zero-order valence-corrected chi connectivity index (χ0v) is 17.9. The summed E-state index contributed by atoms with van der Waals surface area (Å²) in [5.41, 5.74) is 1.83. The Balaban J connectivity index is 1.38. The zero-order valence-electron chi connectivity index (χ0n) is 16.4. The second-order valence-corrected chi connectivity index (χ2v) is 7.63.